The highest BCUT2D eigenvalue weighted by Crippen LogP contribution is 2.28. The summed E-state index contributed by atoms with van der Waals surface area (Å²) in [6.45, 7) is 1.96. The fourth-order valence-electron chi connectivity index (χ4n) is 3.96. The maximum Gasteiger partial charge on any atom is 0.414 e. The van der Waals surface area contributed by atoms with Gasteiger partial charge in [0.25, 0.3) is 9.84 Å². The molecule has 0 aliphatic heterocycles. The molecular formula is C25H22N4O7S. The number of carbonyl (C=O) groups is 1. The van der Waals surface area contributed by atoms with Crippen molar-refractivity contribution < 1.29 is 32.2 Å². The van der Waals surface area contributed by atoms with Crippen LogP contribution in [0.2, 0.25) is 0 Å². The summed E-state index contributed by atoms with van der Waals surface area (Å²) in [5.41, 5.74) is 2.74. The van der Waals surface area contributed by atoms with Gasteiger partial charge in [-0.25, -0.2) is 18.2 Å². The summed E-state index contributed by atoms with van der Waals surface area (Å²) in [6, 6.07) is 16.9. The fraction of sp³-hybridized carbons (Fsp3) is 0.200. The van der Waals surface area contributed by atoms with Gasteiger partial charge in [0.2, 0.25) is 0 Å². The van der Waals surface area contributed by atoms with Crippen molar-refractivity contribution >= 4 is 37.6 Å². The van der Waals surface area contributed by atoms with Crippen LogP contribution in [0, 0.1) is 12.1 Å². The Morgan fingerprint density at radius 2 is 1.78 bits per heavy atom. The van der Waals surface area contributed by atoms with Crippen LogP contribution < -0.4 is 9.64 Å². The van der Waals surface area contributed by atoms with Crippen LogP contribution in [0.25, 0.3) is 21.8 Å². The van der Waals surface area contributed by atoms with Gasteiger partial charge < -0.3 is 19.7 Å². The first-order valence-electron chi connectivity index (χ1n) is 11.4. The number of fused-ring (bicyclic) bond motifs is 3. The van der Waals surface area contributed by atoms with Crippen molar-refractivity contribution in [1.29, 1.82) is 0 Å². The van der Waals surface area contributed by atoms with Crippen LogP contribution in [0.4, 0.5) is 0 Å². The van der Waals surface area contributed by atoms with Gasteiger partial charge in [0, 0.05) is 16.3 Å². The molecule has 0 amide bonds. The molecule has 0 bridgehead atoms. The lowest BCUT2D eigenvalue weighted by Gasteiger charge is -2.06. The molecule has 11 nitrogen and oxygen atoms in total. The number of unbranched alkanes of at least 4 members (excludes halogenated alkanes) is 1. The molecule has 0 radical (unpaired) electrons. The Kier molecular flexibility index (Phi) is 6.49. The molecule has 0 aliphatic rings. The van der Waals surface area contributed by atoms with E-state index >= 15 is 0 Å². The van der Waals surface area contributed by atoms with E-state index in [-0.39, 0.29) is 28.7 Å². The van der Waals surface area contributed by atoms with Gasteiger partial charge in [-0.2, -0.15) is 0 Å². The third kappa shape index (κ3) is 4.70. The van der Waals surface area contributed by atoms with Crippen LogP contribution in [-0.2, 0) is 14.6 Å². The van der Waals surface area contributed by atoms with Crippen molar-refractivity contribution in [1.82, 2.24) is 15.1 Å². The van der Waals surface area contributed by atoms with E-state index in [0.717, 1.165) is 21.8 Å². The van der Waals surface area contributed by atoms with E-state index < -0.39 is 26.7 Å². The second-order valence-electron chi connectivity index (χ2n) is 8.23. The highest BCUT2D eigenvalue weighted by atomic mass is 32.2. The number of nitrogens with one attached hydrogen (secondary N) is 1. The standard InChI is InChI=1S/C25H22N4O7S/c1-16-22-19(18-11-5-6-12-20(18)27-22)15-21(26-16)25(30)35-14-8-7-13-34-23-24(29(31)36-28-23)37(32,33)17-9-3-2-4-10-17/h2-6,9-12,15,27H,7-8,13-14H2,1H3. The average molecular weight is 523 g/mol. The molecule has 5 aromatic rings. The summed E-state index contributed by atoms with van der Waals surface area (Å²) < 4.78 is 40.8. The molecule has 190 valence electrons. The van der Waals surface area contributed by atoms with E-state index in [1.165, 1.54) is 24.3 Å². The molecule has 5 rings (SSSR count). The Labute approximate surface area is 211 Å². The number of para-hydroxylation sites is 1. The zero-order chi connectivity index (χ0) is 26.0. The Bertz CT molecular complexity index is 1690. The zero-order valence-electron chi connectivity index (χ0n) is 19.7. The number of benzene rings is 2. The molecule has 0 unspecified atom stereocenters. The lowest BCUT2D eigenvalue weighted by molar-refractivity contribution is -0.832. The minimum absolute atomic E-state index is 0.0278. The van der Waals surface area contributed by atoms with Crippen molar-refractivity contribution in [3.05, 3.63) is 77.3 Å². The van der Waals surface area contributed by atoms with Crippen molar-refractivity contribution in [2.24, 2.45) is 0 Å². The number of ether oxygens (including phenoxy) is 2. The van der Waals surface area contributed by atoms with Crippen LogP contribution in [0.3, 0.4) is 0 Å². The first-order chi connectivity index (χ1) is 17.9. The van der Waals surface area contributed by atoms with Gasteiger partial charge in [0.05, 0.1) is 34.5 Å². The average Bonchev–Trinajstić information content (AvgIpc) is 3.47. The zero-order valence-corrected chi connectivity index (χ0v) is 20.5. The van der Waals surface area contributed by atoms with Crippen LogP contribution in [0.1, 0.15) is 29.0 Å². The molecule has 37 heavy (non-hydrogen) atoms. The first-order valence-corrected chi connectivity index (χ1v) is 12.9. The smallest absolute Gasteiger partial charge is 0.414 e. The fourth-order valence-corrected chi connectivity index (χ4v) is 5.26. The Morgan fingerprint density at radius 1 is 1.05 bits per heavy atom. The molecule has 0 aliphatic carbocycles. The maximum absolute atomic E-state index is 12.8. The topological polar surface area (TPSA) is 151 Å². The molecule has 1 N–H and O–H groups in total. The third-order valence-electron chi connectivity index (χ3n) is 5.75. The van der Waals surface area contributed by atoms with Gasteiger partial charge >= 0.3 is 16.9 Å². The van der Waals surface area contributed by atoms with Gasteiger partial charge in [0.15, 0.2) is 0 Å². The summed E-state index contributed by atoms with van der Waals surface area (Å²) in [6.07, 6.45) is 0.827. The summed E-state index contributed by atoms with van der Waals surface area (Å²) in [5, 5.41) is 16.5. The number of aryl methyl sites for hydroxylation is 1. The number of rotatable bonds is 9. The first kappa shape index (κ1) is 24.3. The Balaban J connectivity index is 1.17. The lowest BCUT2D eigenvalue weighted by Crippen LogP contribution is -2.31. The number of pyridine rings is 1. The molecule has 2 aromatic carbocycles. The monoisotopic (exact) mass is 522 g/mol. The molecule has 12 heteroatoms. The summed E-state index contributed by atoms with van der Waals surface area (Å²) >= 11 is 0. The highest BCUT2D eigenvalue weighted by Gasteiger charge is 2.35. The molecule has 0 atom stereocenters. The molecule has 3 heterocycles. The van der Waals surface area contributed by atoms with Crippen LogP contribution in [0.15, 0.2) is 75.2 Å². The van der Waals surface area contributed by atoms with Crippen molar-refractivity contribution in [2.45, 2.75) is 29.7 Å². The van der Waals surface area contributed by atoms with Crippen LogP contribution in [0.5, 0.6) is 5.88 Å². The number of aromatic nitrogens is 4. The molecule has 0 saturated carbocycles. The van der Waals surface area contributed by atoms with Crippen molar-refractivity contribution in [3.63, 3.8) is 0 Å². The van der Waals surface area contributed by atoms with Gasteiger partial charge in [-0.3, -0.25) is 4.63 Å². The van der Waals surface area contributed by atoms with Crippen LogP contribution in [-0.4, -0.2) is 42.7 Å². The second kappa shape index (κ2) is 9.90. The second-order valence-corrected chi connectivity index (χ2v) is 10.1. The van der Waals surface area contributed by atoms with Crippen molar-refractivity contribution in [2.75, 3.05) is 13.2 Å². The minimum Gasteiger partial charge on any atom is -0.461 e. The number of sulfone groups is 1. The highest BCUT2D eigenvalue weighted by molar-refractivity contribution is 7.91. The van der Waals surface area contributed by atoms with E-state index in [2.05, 4.69) is 19.8 Å². The number of H-pyrrole nitrogens is 1. The van der Waals surface area contributed by atoms with E-state index in [1.807, 2.05) is 31.2 Å². The van der Waals surface area contributed by atoms with Gasteiger partial charge in [-0.05, 0) is 48.9 Å². The lowest BCUT2D eigenvalue weighted by atomic mass is 10.1. The van der Waals surface area contributed by atoms with Gasteiger partial charge in [-0.1, -0.05) is 36.4 Å². The number of aromatic amines is 1. The van der Waals surface area contributed by atoms with Gasteiger partial charge in [0.1, 0.15) is 5.69 Å². The third-order valence-corrected chi connectivity index (χ3v) is 7.48. The number of hydrogen-bond acceptors (Lipinski definition) is 9. The molecule has 0 fully saturated rings. The van der Waals surface area contributed by atoms with E-state index in [4.69, 9.17) is 9.47 Å². The number of hydrogen-bond donors (Lipinski definition) is 1. The quantitative estimate of drug-likeness (QED) is 0.174. The van der Waals surface area contributed by atoms with Crippen LogP contribution >= 0.6 is 0 Å². The largest absolute Gasteiger partial charge is 0.461 e. The molecule has 0 saturated heterocycles. The molecule has 3 aromatic heterocycles. The summed E-state index contributed by atoms with van der Waals surface area (Å²) in [7, 11) is -4.18. The number of nitrogens with zero attached hydrogens (tertiary/aromatic N) is 3. The van der Waals surface area contributed by atoms with E-state index in [0.29, 0.717) is 18.5 Å². The molecule has 0 spiro atoms. The van der Waals surface area contributed by atoms with E-state index in [1.54, 1.807) is 12.1 Å². The normalized spacial score (nSPS) is 11.7. The van der Waals surface area contributed by atoms with Gasteiger partial charge in [-0.15, -0.1) is 0 Å². The minimum atomic E-state index is -4.18. The van der Waals surface area contributed by atoms with Crippen molar-refractivity contribution in [3.8, 4) is 5.88 Å². The SMILES string of the molecule is Cc1nc(C(=O)OCCCCOc2no[n+]([O-])c2S(=O)(=O)c2ccccc2)cc2c1[nH]c1ccccc12. The predicted octanol–water partition coefficient (Wildman–Crippen LogP) is 3.49. The molecular weight excluding hydrogens is 500 g/mol. The number of esters is 1. The Hall–Kier alpha value is -4.45. The Morgan fingerprint density at radius 3 is 2.59 bits per heavy atom. The predicted molar refractivity (Wildman–Crippen MR) is 131 cm³/mol. The maximum atomic E-state index is 12.8. The summed E-state index contributed by atoms with van der Waals surface area (Å²) in [5.74, 6) is -0.973. The number of carbonyl (C=O) groups excluding carboxylic acids is 1. The van der Waals surface area contributed by atoms with E-state index in [9.17, 15) is 18.4 Å². The summed E-state index contributed by atoms with van der Waals surface area (Å²) in [4.78, 5) is 20.0.